The molecule has 0 atom stereocenters. The SMILES string of the molecule is O=C(CCc1ccccc1)Nc1ccc(N2CCc3ccccc32)cn1. The van der Waals surface area contributed by atoms with E-state index in [9.17, 15) is 4.79 Å². The Balaban J connectivity index is 1.37. The second-order valence-corrected chi connectivity index (χ2v) is 6.47. The van der Waals surface area contributed by atoms with E-state index in [-0.39, 0.29) is 5.91 Å². The fourth-order valence-electron chi connectivity index (χ4n) is 3.33. The molecule has 3 aromatic rings. The van der Waals surface area contributed by atoms with Gasteiger partial charge in [-0.3, -0.25) is 4.79 Å². The molecule has 2 aromatic carbocycles. The molecule has 1 aliphatic heterocycles. The lowest BCUT2D eigenvalue weighted by Gasteiger charge is -2.19. The number of aromatic nitrogens is 1. The Bertz CT molecular complexity index is 891. The van der Waals surface area contributed by atoms with Crippen LogP contribution in [-0.4, -0.2) is 17.4 Å². The molecular formula is C22H21N3O. The van der Waals surface area contributed by atoms with Gasteiger partial charge in [-0.05, 0) is 42.2 Å². The standard InChI is InChI=1S/C22H21N3O/c26-22(13-10-17-6-2-1-3-7-17)24-21-12-11-19(16-23-21)25-15-14-18-8-4-5-9-20(18)25/h1-9,11-12,16H,10,13-15H2,(H,23,24,26). The Labute approximate surface area is 153 Å². The van der Waals surface area contributed by atoms with Gasteiger partial charge in [0.1, 0.15) is 5.82 Å². The first-order valence-corrected chi connectivity index (χ1v) is 8.95. The average molecular weight is 343 g/mol. The van der Waals surface area contributed by atoms with Crippen molar-refractivity contribution in [1.82, 2.24) is 4.98 Å². The Morgan fingerprint density at radius 3 is 2.62 bits per heavy atom. The van der Waals surface area contributed by atoms with Crippen molar-refractivity contribution in [1.29, 1.82) is 0 Å². The smallest absolute Gasteiger partial charge is 0.225 e. The number of rotatable bonds is 5. The van der Waals surface area contributed by atoms with Gasteiger partial charge in [-0.25, -0.2) is 4.98 Å². The first-order chi connectivity index (χ1) is 12.8. The molecule has 4 rings (SSSR count). The molecule has 1 amide bonds. The van der Waals surface area contributed by atoms with Crippen molar-refractivity contribution in [2.75, 3.05) is 16.8 Å². The van der Waals surface area contributed by atoms with Gasteiger partial charge in [0.25, 0.3) is 0 Å². The van der Waals surface area contributed by atoms with Gasteiger partial charge in [-0.1, -0.05) is 48.5 Å². The van der Waals surface area contributed by atoms with Gasteiger partial charge in [-0.15, -0.1) is 0 Å². The van der Waals surface area contributed by atoms with Gasteiger partial charge < -0.3 is 10.2 Å². The minimum Gasteiger partial charge on any atom is -0.340 e. The second kappa shape index (κ2) is 7.40. The quantitative estimate of drug-likeness (QED) is 0.749. The molecule has 4 nitrogen and oxygen atoms in total. The molecule has 1 N–H and O–H groups in total. The van der Waals surface area contributed by atoms with Crippen LogP contribution in [0.15, 0.2) is 72.9 Å². The van der Waals surface area contributed by atoms with Crippen molar-refractivity contribution in [3.8, 4) is 0 Å². The molecule has 2 heterocycles. The van der Waals surface area contributed by atoms with Crippen LogP contribution < -0.4 is 10.2 Å². The number of carbonyl (C=O) groups excluding carboxylic acids is 1. The molecule has 130 valence electrons. The normalized spacial score (nSPS) is 12.7. The van der Waals surface area contributed by atoms with Crippen molar-refractivity contribution >= 4 is 23.1 Å². The van der Waals surface area contributed by atoms with E-state index in [2.05, 4.69) is 39.5 Å². The number of nitrogens with zero attached hydrogens (tertiary/aromatic N) is 2. The fourth-order valence-corrected chi connectivity index (χ4v) is 3.33. The summed E-state index contributed by atoms with van der Waals surface area (Å²) in [5.74, 6) is 0.583. The Morgan fingerprint density at radius 1 is 1.00 bits per heavy atom. The van der Waals surface area contributed by atoms with Crippen LogP contribution in [0.3, 0.4) is 0 Å². The summed E-state index contributed by atoms with van der Waals surface area (Å²) < 4.78 is 0. The van der Waals surface area contributed by atoms with Crippen molar-refractivity contribution < 1.29 is 4.79 Å². The van der Waals surface area contributed by atoms with E-state index in [4.69, 9.17) is 0 Å². The number of pyridine rings is 1. The summed E-state index contributed by atoms with van der Waals surface area (Å²) >= 11 is 0. The van der Waals surface area contributed by atoms with Crippen molar-refractivity contribution in [2.45, 2.75) is 19.3 Å². The zero-order valence-corrected chi connectivity index (χ0v) is 14.6. The Kier molecular flexibility index (Phi) is 4.65. The van der Waals surface area contributed by atoms with E-state index >= 15 is 0 Å². The maximum atomic E-state index is 12.1. The molecule has 0 radical (unpaired) electrons. The lowest BCUT2D eigenvalue weighted by atomic mass is 10.1. The molecule has 26 heavy (non-hydrogen) atoms. The van der Waals surface area contributed by atoms with Crippen molar-refractivity contribution in [3.63, 3.8) is 0 Å². The molecule has 0 bridgehead atoms. The van der Waals surface area contributed by atoms with Crippen LogP contribution in [0.25, 0.3) is 0 Å². The van der Waals surface area contributed by atoms with Gasteiger partial charge in [0, 0.05) is 18.7 Å². The zero-order chi connectivity index (χ0) is 17.8. The number of anilines is 3. The molecule has 1 aromatic heterocycles. The topological polar surface area (TPSA) is 45.2 Å². The van der Waals surface area contributed by atoms with E-state index < -0.39 is 0 Å². The average Bonchev–Trinajstić information content (AvgIpc) is 3.12. The molecular weight excluding hydrogens is 322 g/mol. The van der Waals surface area contributed by atoms with Gasteiger partial charge in [0.05, 0.1) is 11.9 Å². The van der Waals surface area contributed by atoms with Gasteiger partial charge in [-0.2, -0.15) is 0 Å². The number of benzene rings is 2. The van der Waals surface area contributed by atoms with Crippen LogP contribution >= 0.6 is 0 Å². The van der Waals surface area contributed by atoms with Crippen LogP contribution in [0, 0.1) is 0 Å². The first-order valence-electron chi connectivity index (χ1n) is 8.95. The summed E-state index contributed by atoms with van der Waals surface area (Å²) in [5, 5.41) is 2.88. The molecule has 0 spiro atoms. The summed E-state index contributed by atoms with van der Waals surface area (Å²) in [7, 11) is 0. The number of amides is 1. The highest BCUT2D eigenvalue weighted by Crippen LogP contribution is 2.33. The van der Waals surface area contributed by atoms with Crippen LogP contribution in [-0.2, 0) is 17.6 Å². The zero-order valence-electron chi connectivity index (χ0n) is 14.6. The number of nitrogens with one attached hydrogen (secondary N) is 1. The fraction of sp³-hybridized carbons (Fsp3) is 0.182. The predicted octanol–water partition coefficient (Wildman–Crippen LogP) is 4.35. The van der Waals surface area contributed by atoms with E-state index in [0.29, 0.717) is 12.2 Å². The number of hydrogen-bond donors (Lipinski definition) is 1. The van der Waals surface area contributed by atoms with E-state index in [0.717, 1.165) is 25.1 Å². The highest BCUT2D eigenvalue weighted by Gasteiger charge is 2.19. The van der Waals surface area contributed by atoms with Crippen LogP contribution in [0.1, 0.15) is 17.5 Å². The number of aryl methyl sites for hydroxylation is 1. The minimum atomic E-state index is -0.0133. The summed E-state index contributed by atoms with van der Waals surface area (Å²) in [6, 6.07) is 22.4. The Morgan fingerprint density at radius 2 is 1.81 bits per heavy atom. The van der Waals surface area contributed by atoms with Crippen LogP contribution in [0.5, 0.6) is 0 Å². The predicted molar refractivity (Wildman–Crippen MR) is 105 cm³/mol. The number of para-hydroxylation sites is 1. The maximum absolute atomic E-state index is 12.1. The van der Waals surface area contributed by atoms with Crippen molar-refractivity contribution in [3.05, 3.63) is 84.1 Å². The summed E-state index contributed by atoms with van der Waals surface area (Å²) in [4.78, 5) is 18.8. The van der Waals surface area contributed by atoms with E-state index in [1.54, 1.807) is 0 Å². The largest absolute Gasteiger partial charge is 0.340 e. The second-order valence-electron chi connectivity index (χ2n) is 6.47. The molecule has 0 saturated heterocycles. The number of hydrogen-bond acceptors (Lipinski definition) is 3. The third-order valence-corrected chi connectivity index (χ3v) is 4.70. The highest BCUT2D eigenvalue weighted by molar-refractivity contribution is 5.90. The minimum absolute atomic E-state index is 0.0133. The van der Waals surface area contributed by atoms with Gasteiger partial charge in [0.15, 0.2) is 0 Å². The number of carbonyl (C=O) groups is 1. The van der Waals surface area contributed by atoms with Gasteiger partial charge in [0.2, 0.25) is 5.91 Å². The third kappa shape index (κ3) is 3.59. The van der Waals surface area contributed by atoms with E-state index in [1.165, 1.54) is 16.8 Å². The van der Waals surface area contributed by atoms with E-state index in [1.807, 2.05) is 48.7 Å². The lowest BCUT2D eigenvalue weighted by Crippen LogP contribution is -2.15. The molecule has 1 aliphatic rings. The summed E-state index contributed by atoms with van der Waals surface area (Å²) in [6.45, 7) is 0.962. The number of fused-ring (bicyclic) bond motifs is 1. The molecule has 0 saturated carbocycles. The molecule has 4 heteroatoms. The molecule has 0 aliphatic carbocycles. The van der Waals surface area contributed by atoms with Crippen LogP contribution in [0.2, 0.25) is 0 Å². The first kappa shape index (κ1) is 16.3. The van der Waals surface area contributed by atoms with Crippen LogP contribution in [0.4, 0.5) is 17.2 Å². The lowest BCUT2D eigenvalue weighted by molar-refractivity contribution is -0.116. The monoisotopic (exact) mass is 343 g/mol. The summed E-state index contributed by atoms with van der Waals surface area (Å²) in [5.41, 5.74) is 4.83. The summed E-state index contributed by atoms with van der Waals surface area (Å²) in [6.07, 6.45) is 4.06. The van der Waals surface area contributed by atoms with Crippen molar-refractivity contribution in [2.24, 2.45) is 0 Å². The molecule has 0 fully saturated rings. The highest BCUT2D eigenvalue weighted by atomic mass is 16.1. The maximum Gasteiger partial charge on any atom is 0.225 e. The third-order valence-electron chi connectivity index (χ3n) is 4.70. The molecule has 0 unspecified atom stereocenters. The Hall–Kier alpha value is -3.14. The van der Waals surface area contributed by atoms with Gasteiger partial charge >= 0.3 is 0 Å².